The second-order valence-electron chi connectivity index (χ2n) is 6.07. The lowest BCUT2D eigenvalue weighted by Crippen LogP contribution is -2.25. The van der Waals surface area contributed by atoms with Crippen LogP contribution in [0.25, 0.3) is 0 Å². The minimum atomic E-state index is -0.0471. The van der Waals surface area contributed by atoms with E-state index in [2.05, 4.69) is 30.9 Å². The number of methoxy groups -OCH3 is 1. The van der Waals surface area contributed by atoms with Gasteiger partial charge in [0.25, 0.3) is 0 Å². The van der Waals surface area contributed by atoms with Crippen LogP contribution < -0.4 is 4.74 Å². The van der Waals surface area contributed by atoms with Gasteiger partial charge in [-0.25, -0.2) is 0 Å². The monoisotopic (exact) mass is 294 g/mol. The number of fused-ring (bicyclic) bond motifs is 1. The van der Waals surface area contributed by atoms with Crippen molar-refractivity contribution in [1.29, 1.82) is 0 Å². The second kappa shape index (κ2) is 5.88. The standard InChI is InChI=1S/C20H22O2/c1-3-20(17-7-10-19(22-2)11-8-17)12-4-5-15-13-18(21)9-6-16(15)14-20/h3,6-11,13,21H,1,4-5,12,14H2,2H3. The predicted octanol–water partition coefficient (Wildman–Crippen LogP) is 4.40. The lowest BCUT2D eigenvalue weighted by Gasteiger charge is -2.30. The number of aryl methyl sites for hydroxylation is 1. The van der Waals surface area contributed by atoms with Gasteiger partial charge in [0.1, 0.15) is 11.5 Å². The highest BCUT2D eigenvalue weighted by Crippen LogP contribution is 2.39. The molecule has 1 aliphatic rings. The molecule has 0 saturated heterocycles. The summed E-state index contributed by atoms with van der Waals surface area (Å²) < 4.78 is 5.26. The van der Waals surface area contributed by atoms with Gasteiger partial charge >= 0.3 is 0 Å². The third-order valence-corrected chi connectivity index (χ3v) is 4.82. The second-order valence-corrected chi connectivity index (χ2v) is 6.07. The molecule has 1 atom stereocenters. The highest BCUT2D eigenvalue weighted by atomic mass is 16.5. The number of phenolic OH excluding ortho intramolecular Hbond substituents is 1. The lowest BCUT2D eigenvalue weighted by molar-refractivity contribution is 0.413. The number of hydrogen-bond donors (Lipinski definition) is 1. The van der Waals surface area contributed by atoms with E-state index in [4.69, 9.17) is 4.74 Å². The molecule has 0 fully saturated rings. The summed E-state index contributed by atoms with van der Waals surface area (Å²) in [7, 11) is 1.69. The van der Waals surface area contributed by atoms with Gasteiger partial charge in [0.2, 0.25) is 0 Å². The van der Waals surface area contributed by atoms with E-state index in [0.717, 1.165) is 31.4 Å². The Labute approximate surface area is 132 Å². The molecule has 0 spiro atoms. The number of allylic oxidation sites excluding steroid dienone is 1. The minimum Gasteiger partial charge on any atom is -0.508 e. The number of rotatable bonds is 3. The van der Waals surface area contributed by atoms with Crippen molar-refractivity contribution in [2.45, 2.75) is 31.1 Å². The first kappa shape index (κ1) is 14.7. The molecule has 2 nitrogen and oxygen atoms in total. The number of benzene rings is 2. The zero-order valence-corrected chi connectivity index (χ0v) is 13.0. The van der Waals surface area contributed by atoms with Crippen LogP contribution >= 0.6 is 0 Å². The molecule has 0 aliphatic heterocycles. The van der Waals surface area contributed by atoms with Crippen LogP contribution in [-0.2, 0) is 18.3 Å². The van der Waals surface area contributed by atoms with Crippen molar-refractivity contribution in [3.63, 3.8) is 0 Å². The normalized spacial score (nSPS) is 20.8. The summed E-state index contributed by atoms with van der Waals surface area (Å²) in [5.74, 6) is 1.23. The quantitative estimate of drug-likeness (QED) is 0.671. The number of aromatic hydroxyl groups is 1. The maximum Gasteiger partial charge on any atom is 0.118 e. The average molecular weight is 294 g/mol. The molecule has 2 aromatic carbocycles. The third-order valence-electron chi connectivity index (χ3n) is 4.82. The molecule has 3 rings (SSSR count). The number of hydrogen-bond acceptors (Lipinski definition) is 2. The molecule has 0 aromatic heterocycles. The highest BCUT2D eigenvalue weighted by Gasteiger charge is 2.31. The maximum atomic E-state index is 9.71. The van der Waals surface area contributed by atoms with Crippen LogP contribution in [0.1, 0.15) is 29.5 Å². The Kier molecular flexibility index (Phi) is 3.93. The first-order valence-electron chi connectivity index (χ1n) is 7.76. The highest BCUT2D eigenvalue weighted by molar-refractivity contribution is 5.42. The van der Waals surface area contributed by atoms with E-state index in [0.29, 0.717) is 5.75 Å². The molecule has 0 heterocycles. The molecule has 1 unspecified atom stereocenters. The van der Waals surface area contributed by atoms with Crippen molar-refractivity contribution < 1.29 is 9.84 Å². The first-order valence-corrected chi connectivity index (χ1v) is 7.76. The fourth-order valence-electron chi connectivity index (χ4n) is 3.50. The summed E-state index contributed by atoms with van der Waals surface area (Å²) >= 11 is 0. The van der Waals surface area contributed by atoms with E-state index >= 15 is 0 Å². The van der Waals surface area contributed by atoms with Gasteiger partial charge in [-0.3, -0.25) is 0 Å². The summed E-state index contributed by atoms with van der Waals surface area (Å²) in [5, 5.41) is 9.71. The topological polar surface area (TPSA) is 29.5 Å². The molecule has 0 radical (unpaired) electrons. The fraction of sp³-hybridized carbons (Fsp3) is 0.300. The van der Waals surface area contributed by atoms with E-state index in [1.165, 1.54) is 16.7 Å². The summed E-state index contributed by atoms with van der Waals surface area (Å²) in [6.07, 6.45) is 6.19. The van der Waals surface area contributed by atoms with Gasteiger partial charge in [0.05, 0.1) is 7.11 Å². The summed E-state index contributed by atoms with van der Waals surface area (Å²) in [4.78, 5) is 0. The van der Waals surface area contributed by atoms with Crippen molar-refractivity contribution in [3.8, 4) is 11.5 Å². The van der Waals surface area contributed by atoms with Crippen LogP contribution in [0.5, 0.6) is 11.5 Å². The zero-order chi connectivity index (χ0) is 15.6. The van der Waals surface area contributed by atoms with Crippen LogP contribution in [0, 0.1) is 0 Å². The van der Waals surface area contributed by atoms with E-state index in [1.807, 2.05) is 18.2 Å². The molecule has 2 aromatic rings. The Hall–Kier alpha value is -2.22. The van der Waals surface area contributed by atoms with E-state index in [-0.39, 0.29) is 5.41 Å². The third kappa shape index (κ3) is 2.61. The largest absolute Gasteiger partial charge is 0.508 e. The van der Waals surface area contributed by atoms with E-state index < -0.39 is 0 Å². The summed E-state index contributed by atoms with van der Waals surface area (Å²) in [5.41, 5.74) is 3.81. The lowest BCUT2D eigenvalue weighted by atomic mass is 9.73. The van der Waals surface area contributed by atoms with Crippen molar-refractivity contribution in [2.24, 2.45) is 0 Å². The molecule has 0 bridgehead atoms. The maximum absolute atomic E-state index is 9.71. The Morgan fingerprint density at radius 2 is 1.91 bits per heavy atom. The van der Waals surface area contributed by atoms with Gasteiger partial charge < -0.3 is 9.84 Å². The number of ether oxygens (including phenoxy) is 1. The van der Waals surface area contributed by atoms with Gasteiger partial charge in [-0.1, -0.05) is 24.3 Å². The van der Waals surface area contributed by atoms with Crippen LogP contribution in [-0.4, -0.2) is 12.2 Å². The van der Waals surface area contributed by atoms with E-state index in [1.54, 1.807) is 13.2 Å². The van der Waals surface area contributed by atoms with Gasteiger partial charge in [-0.15, -0.1) is 6.58 Å². The van der Waals surface area contributed by atoms with Crippen LogP contribution in [0.15, 0.2) is 55.1 Å². The van der Waals surface area contributed by atoms with Crippen LogP contribution in [0.4, 0.5) is 0 Å². The number of phenols is 1. The molecule has 22 heavy (non-hydrogen) atoms. The molecular formula is C20H22O2. The predicted molar refractivity (Wildman–Crippen MR) is 89.6 cm³/mol. The Morgan fingerprint density at radius 1 is 1.14 bits per heavy atom. The Morgan fingerprint density at radius 3 is 2.59 bits per heavy atom. The minimum absolute atomic E-state index is 0.0471. The van der Waals surface area contributed by atoms with Gasteiger partial charge in [-0.2, -0.15) is 0 Å². The molecule has 2 heteroatoms. The van der Waals surface area contributed by atoms with E-state index in [9.17, 15) is 5.11 Å². The van der Waals surface area contributed by atoms with Gasteiger partial charge in [0, 0.05) is 5.41 Å². The Bertz CT molecular complexity index is 673. The molecule has 0 amide bonds. The van der Waals surface area contributed by atoms with Crippen molar-refractivity contribution in [1.82, 2.24) is 0 Å². The molecule has 114 valence electrons. The summed E-state index contributed by atoms with van der Waals surface area (Å²) in [6, 6.07) is 14.1. The zero-order valence-electron chi connectivity index (χ0n) is 13.0. The van der Waals surface area contributed by atoms with Gasteiger partial charge in [-0.05, 0) is 66.6 Å². The molecule has 1 N–H and O–H groups in total. The van der Waals surface area contributed by atoms with Crippen molar-refractivity contribution in [3.05, 3.63) is 71.8 Å². The van der Waals surface area contributed by atoms with Crippen molar-refractivity contribution in [2.75, 3.05) is 7.11 Å². The molecule has 1 aliphatic carbocycles. The van der Waals surface area contributed by atoms with Crippen molar-refractivity contribution >= 4 is 0 Å². The molecule has 0 saturated carbocycles. The smallest absolute Gasteiger partial charge is 0.118 e. The van der Waals surface area contributed by atoms with Gasteiger partial charge in [0.15, 0.2) is 0 Å². The first-order chi connectivity index (χ1) is 10.7. The average Bonchev–Trinajstić information content (AvgIpc) is 2.74. The fourth-order valence-corrected chi connectivity index (χ4v) is 3.50. The Balaban J connectivity index is 2.01. The molecular weight excluding hydrogens is 272 g/mol. The SMILES string of the molecule is C=CC1(c2ccc(OC)cc2)CCCc2cc(O)ccc2C1. The summed E-state index contributed by atoms with van der Waals surface area (Å²) in [6.45, 7) is 4.13. The van der Waals surface area contributed by atoms with Crippen LogP contribution in [0.3, 0.4) is 0 Å². The van der Waals surface area contributed by atoms with Crippen LogP contribution in [0.2, 0.25) is 0 Å².